The summed E-state index contributed by atoms with van der Waals surface area (Å²) in [7, 11) is 0. The molecular formula is C19H20N2O2. The lowest BCUT2D eigenvalue weighted by Crippen LogP contribution is -2.31. The summed E-state index contributed by atoms with van der Waals surface area (Å²) in [5.41, 5.74) is 4.07. The predicted octanol–water partition coefficient (Wildman–Crippen LogP) is 3.43. The van der Waals surface area contributed by atoms with Gasteiger partial charge in [-0.15, -0.1) is 0 Å². The summed E-state index contributed by atoms with van der Waals surface area (Å²) >= 11 is 0. The van der Waals surface area contributed by atoms with E-state index in [1.54, 1.807) is 24.3 Å². The minimum atomic E-state index is -0.180. The molecule has 0 bridgehead atoms. The molecule has 0 saturated heterocycles. The normalized spacial score (nSPS) is 11.4. The van der Waals surface area contributed by atoms with Crippen molar-refractivity contribution in [3.63, 3.8) is 0 Å². The predicted molar refractivity (Wildman–Crippen MR) is 89.1 cm³/mol. The summed E-state index contributed by atoms with van der Waals surface area (Å²) in [5.74, 6) is 0.387. The minimum Gasteiger partial charge on any atom is -0.484 e. The molecule has 4 heteroatoms. The first-order valence-electron chi connectivity index (χ1n) is 7.49. The first-order chi connectivity index (χ1) is 11.0. The van der Waals surface area contributed by atoms with Crippen LogP contribution in [-0.2, 0) is 4.79 Å². The topological polar surface area (TPSA) is 62.1 Å². The van der Waals surface area contributed by atoms with Crippen molar-refractivity contribution in [3.8, 4) is 11.8 Å². The fourth-order valence-corrected chi connectivity index (χ4v) is 2.18. The first kappa shape index (κ1) is 16.6. The molecular weight excluding hydrogens is 288 g/mol. The van der Waals surface area contributed by atoms with Crippen LogP contribution in [0.2, 0.25) is 0 Å². The molecule has 1 amide bonds. The van der Waals surface area contributed by atoms with E-state index in [0.717, 1.165) is 5.56 Å². The molecule has 0 radical (unpaired) electrons. The van der Waals surface area contributed by atoms with Gasteiger partial charge in [0.15, 0.2) is 6.61 Å². The van der Waals surface area contributed by atoms with Crippen molar-refractivity contribution < 1.29 is 9.53 Å². The number of nitrogens with zero attached hydrogens (tertiary/aromatic N) is 1. The van der Waals surface area contributed by atoms with Crippen LogP contribution in [0.4, 0.5) is 0 Å². The van der Waals surface area contributed by atoms with Gasteiger partial charge in [0.1, 0.15) is 5.75 Å². The van der Waals surface area contributed by atoms with Crippen LogP contribution in [0.5, 0.6) is 5.75 Å². The summed E-state index contributed by atoms with van der Waals surface area (Å²) in [6.07, 6.45) is 0. The second kappa shape index (κ2) is 7.46. The fourth-order valence-electron chi connectivity index (χ4n) is 2.18. The van der Waals surface area contributed by atoms with E-state index in [1.165, 1.54) is 11.1 Å². The molecule has 1 N–H and O–H groups in total. The van der Waals surface area contributed by atoms with Crippen molar-refractivity contribution in [1.29, 1.82) is 5.26 Å². The highest BCUT2D eigenvalue weighted by atomic mass is 16.5. The van der Waals surface area contributed by atoms with Gasteiger partial charge in [-0.25, -0.2) is 0 Å². The maximum Gasteiger partial charge on any atom is 0.258 e. The Balaban J connectivity index is 1.88. The molecule has 0 aliphatic rings. The van der Waals surface area contributed by atoms with E-state index in [2.05, 4.69) is 31.3 Å². The molecule has 0 unspecified atom stereocenters. The van der Waals surface area contributed by atoms with Gasteiger partial charge in [0.25, 0.3) is 5.91 Å². The fraction of sp³-hybridized carbons (Fsp3) is 0.263. The lowest BCUT2D eigenvalue weighted by atomic mass is 10.0. The molecule has 2 aromatic carbocycles. The molecule has 0 aliphatic heterocycles. The lowest BCUT2D eigenvalue weighted by Gasteiger charge is -2.16. The Morgan fingerprint density at radius 1 is 1.17 bits per heavy atom. The highest BCUT2D eigenvalue weighted by Crippen LogP contribution is 2.17. The first-order valence-corrected chi connectivity index (χ1v) is 7.49. The smallest absolute Gasteiger partial charge is 0.258 e. The highest BCUT2D eigenvalue weighted by Gasteiger charge is 2.11. The van der Waals surface area contributed by atoms with Crippen LogP contribution in [-0.4, -0.2) is 12.5 Å². The van der Waals surface area contributed by atoms with Crippen LogP contribution in [0.15, 0.2) is 42.5 Å². The van der Waals surface area contributed by atoms with E-state index in [4.69, 9.17) is 10.00 Å². The number of ether oxygens (including phenoxy) is 1. The maximum absolute atomic E-state index is 12.0. The Kier molecular flexibility index (Phi) is 5.37. The largest absolute Gasteiger partial charge is 0.484 e. The van der Waals surface area contributed by atoms with E-state index in [-0.39, 0.29) is 18.6 Å². The van der Waals surface area contributed by atoms with Crippen LogP contribution in [0, 0.1) is 25.2 Å². The molecule has 0 fully saturated rings. The standard InChI is InChI=1S/C19H20N2O2/c1-13-4-7-17(10-14(13)2)15(3)21-19(22)12-23-18-8-5-16(11-20)6-9-18/h4-10,15H,12H2,1-3H3,(H,21,22)/t15-/m0/s1. The van der Waals surface area contributed by atoms with Crippen molar-refractivity contribution in [3.05, 3.63) is 64.7 Å². The number of rotatable bonds is 5. The van der Waals surface area contributed by atoms with E-state index in [1.807, 2.05) is 19.1 Å². The van der Waals surface area contributed by atoms with E-state index in [9.17, 15) is 4.79 Å². The van der Waals surface area contributed by atoms with Gasteiger partial charge in [-0.3, -0.25) is 4.79 Å². The minimum absolute atomic E-state index is 0.0545. The molecule has 0 aliphatic carbocycles. The Morgan fingerprint density at radius 2 is 1.87 bits per heavy atom. The van der Waals surface area contributed by atoms with Gasteiger partial charge >= 0.3 is 0 Å². The van der Waals surface area contributed by atoms with Crippen LogP contribution >= 0.6 is 0 Å². The van der Waals surface area contributed by atoms with Gasteiger partial charge in [-0.1, -0.05) is 18.2 Å². The van der Waals surface area contributed by atoms with Gasteiger partial charge < -0.3 is 10.1 Å². The molecule has 118 valence electrons. The van der Waals surface area contributed by atoms with Gasteiger partial charge in [0, 0.05) is 0 Å². The summed E-state index contributed by atoms with van der Waals surface area (Å²) in [5, 5.41) is 11.7. The zero-order valence-corrected chi connectivity index (χ0v) is 13.6. The van der Waals surface area contributed by atoms with Crippen LogP contribution < -0.4 is 10.1 Å². The van der Waals surface area contributed by atoms with Crippen LogP contribution in [0.1, 0.15) is 35.2 Å². The third-order valence-electron chi connectivity index (χ3n) is 3.76. The average Bonchev–Trinajstić information content (AvgIpc) is 2.55. The van der Waals surface area contributed by atoms with E-state index in [0.29, 0.717) is 11.3 Å². The van der Waals surface area contributed by atoms with E-state index < -0.39 is 0 Å². The average molecular weight is 308 g/mol. The summed E-state index contributed by atoms with van der Waals surface area (Å²) < 4.78 is 5.43. The molecule has 2 aromatic rings. The van der Waals surface area contributed by atoms with Crippen molar-refractivity contribution in [2.45, 2.75) is 26.8 Å². The number of nitriles is 1. The van der Waals surface area contributed by atoms with Crippen molar-refractivity contribution in [2.24, 2.45) is 0 Å². The quantitative estimate of drug-likeness (QED) is 0.920. The molecule has 0 heterocycles. The third-order valence-corrected chi connectivity index (χ3v) is 3.76. The molecule has 1 atom stereocenters. The summed E-state index contributed by atoms with van der Waals surface area (Å²) in [6, 6.07) is 14.8. The molecule has 0 spiro atoms. The lowest BCUT2D eigenvalue weighted by molar-refractivity contribution is -0.123. The number of aryl methyl sites for hydroxylation is 2. The van der Waals surface area contributed by atoms with Gasteiger partial charge in [0.05, 0.1) is 17.7 Å². The SMILES string of the molecule is Cc1ccc([C@H](C)NC(=O)COc2ccc(C#N)cc2)cc1C. The molecule has 4 nitrogen and oxygen atoms in total. The number of carbonyl (C=O) groups is 1. The molecule has 0 aromatic heterocycles. The number of amides is 1. The Labute approximate surface area is 136 Å². The number of carbonyl (C=O) groups excluding carboxylic acids is 1. The second-order valence-electron chi connectivity index (χ2n) is 5.56. The number of hydrogen-bond acceptors (Lipinski definition) is 3. The highest BCUT2D eigenvalue weighted by molar-refractivity contribution is 5.78. The third kappa shape index (κ3) is 4.58. The number of hydrogen-bond donors (Lipinski definition) is 1. The van der Waals surface area contributed by atoms with E-state index >= 15 is 0 Å². The Bertz CT molecular complexity index is 730. The zero-order chi connectivity index (χ0) is 16.8. The summed E-state index contributed by atoms with van der Waals surface area (Å²) in [4.78, 5) is 12.0. The Hall–Kier alpha value is -2.80. The molecule has 23 heavy (non-hydrogen) atoms. The van der Waals surface area contributed by atoms with Gasteiger partial charge in [-0.2, -0.15) is 5.26 Å². The molecule has 0 saturated carbocycles. The van der Waals surface area contributed by atoms with Gasteiger partial charge in [-0.05, 0) is 61.7 Å². The van der Waals surface area contributed by atoms with Crippen LogP contribution in [0.25, 0.3) is 0 Å². The Morgan fingerprint density at radius 3 is 2.48 bits per heavy atom. The van der Waals surface area contributed by atoms with Crippen molar-refractivity contribution >= 4 is 5.91 Å². The number of nitrogens with one attached hydrogen (secondary N) is 1. The van der Waals surface area contributed by atoms with Gasteiger partial charge in [0.2, 0.25) is 0 Å². The number of benzene rings is 2. The summed E-state index contributed by atoms with van der Waals surface area (Å²) in [6.45, 7) is 6.01. The van der Waals surface area contributed by atoms with Crippen molar-refractivity contribution in [1.82, 2.24) is 5.32 Å². The zero-order valence-electron chi connectivity index (χ0n) is 13.6. The molecule has 2 rings (SSSR count). The maximum atomic E-state index is 12.0. The van der Waals surface area contributed by atoms with Crippen LogP contribution in [0.3, 0.4) is 0 Å². The van der Waals surface area contributed by atoms with Crippen molar-refractivity contribution in [2.75, 3.05) is 6.61 Å². The monoisotopic (exact) mass is 308 g/mol. The second-order valence-corrected chi connectivity index (χ2v) is 5.56.